The SMILES string of the molecule is COc1ccc(-c2cn(C)nc2C(=O)O)c(F)c1. The van der Waals surface area contributed by atoms with Gasteiger partial charge in [-0.05, 0) is 12.1 Å². The largest absolute Gasteiger partial charge is 0.497 e. The summed E-state index contributed by atoms with van der Waals surface area (Å²) in [5.41, 5.74) is 0.244. The van der Waals surface area contributed by atoms with Crippen molar-refractivity contribution in [3.05, 3.63) is 35.9 Å². The molecule has 1 N–H and O–H groups in total. The standard InChI is InChI=1S/C12H11FN2O3/c1-15-6-9(11(14-15)12(16)17)8-4-3-7(18-2)5-10(8)13/h3-6H,1-2H3,(H,16,17). The van der Waals surface area contributed by atoms with E-state index in [9.17, 15) is 9.18 Å². The summed E-state index contributed by atoms with van der Waals surface area (Å²) in [7, 11) is 3.01. The van der Waals surface area contributed by atoms with Crippen molar-refractivity contribution in [3.63, 3.8) is 0 Å². The Morgan fingerprint density at radius 2 is 2.17 bits per heavy atom. The lowest BCUT2D eigenvalue weighted by molar-refractivity contribution is 0.0690. The molecule has 0 aliphatic rings. The summed E-state index contributed by atoms with van der Waals surface area (Å²) in [5.74, 6) is -1.37. The number of aryl methyl sites for hydroxylation is 1. The van der Waals surface area contributed by atoms with Crippen LogP contribution in [0.3, 0.4) is 0 Å². The molecular formula is C12H11FN2O3. The van der Waals surface area contributed by atoms with Gasteiger partial charge in [0.1, 0.15) is 11.6 Å². The van der Waals surface area contributed by atoms with E-state index in [1.807, 2.05) is 0 Å². The number of nitrogens with zero attached hydrogens (tertiary/aromatic N) is 2. The van der Waals surface area contributed by atoms with Gasteiger partial charge >= 0.3 is 5.97 Å². The fourth-order valence-corrected chi connectivity index (χ4v) is 1.68. The van der Waals surface area contributed by atoms with E-state index < -0.39 is 11.8 Å². The Kier molecular flexibility index (Phi) is 3.01. The fraction of sp³-hybridized carbons (Fsp3) is 0.167. The molecule has 1 aromatic carbocycles. The van der Waals surface area contributed by atoms with Crippen LogP contribution < -0.4 is 4.74 Å². The molecule has 6 heteroatoms. The van der Waals surface area contributed by atoms with Crippen molar-refractivity contribution in [2.24, 2.45) is 7.05 Å². The summed E-state index contributed by atoms with van der Waals surface area (Å²) in [4.78, 5) is 11.0. The number of benzene rings is 1. The fourth-order valence-electron chi connectivity index (χ4n) is 1.68. The van der Waals surface area contributed by atoms with E-state index >= 15 is 0 Å². The summed E-state index contributed by atoms with van der Waals surface area (Å²) in [5, 5.41) is 12.8. The van der Waals surface area contributed by atoms with Crippen molar-refractivity contribution in [1.29, 1.82) is 0 Å². The highest BCUT2D eigenvalue weighted by atomic mass is 19.1. The number of carbonyl (C=O) groups is 1. The molecule has 2 aromatic rings. The van der Waals surface area contributed by atoms with E-state index in [0.717, 1.165) is 0 Å². The summed E-state index contributed by atoms with van der Waals surface area (Å²) in [6, 6.07) is 4.24. The first-order chi connectivity index (χ1) is 8.52. The van der Waals surface area contributed by atoms with E-state index in [2.05, 4.69) is 5.10 Å². The normalized spacial score (nSPS) is 10.4. The smallest absolute Gasteiger partial charge is 0.357 e. The zero-order valence-electron chi connectivity index (χ0n) is 9.85. The van der Waals surface area contributed by atoms with Crippen LogP contribution in [0.1, 0.15) is 10.5 Å². The van der Waals surface area contributed by atoms with Crippen LogP contribution in [-0.2, 0) is 7.05 Å². The van der Waals surface area contributed by atoms with Crippen LogP contribution in [0, 0.1) is 5.82 Å². The Bertz CT molecular complexity index is 607. The first-order valence-corrected chi connectivity index (χ1v) is 5.13. The lowest BCUT2D eigenvalue weighted by atomic mass is 10.1. The van der Waals surface area contributed by atoms with Gasteiger partial charge in [0.25, 0.3) is 0 Å². The molecule has 0 fully saturated rings. The van der Waals surface area contributed by atoms with Crippen LogP contribution in [-0.4, -0.2) is 28.0 Å². The van der Waals surface area contributed by atoms with Crippen LogP contribution in [0.2, 0.25) is 0 Å². The van der Waals surface area contributed by atoms with Crippen LogP contribution in [0.5, 0.6) is 5.75 Å². The van der Waals surface area contributed by atoms with Gasteiger partial charge in [0.2, 0.25) is 0 Å². The topological polar surface area (TPSA) is 64.4 Å². The first kappa shape index (κ1) is 12.1. The maximum Gasteiger partial charge on any atom is 0.357 e. The zero-order chi connectivity index (χ0) is 13.3. The Labute approximate surface area is 102 Å². The molecule has 1 heterocycles. The quantitative estimate of drug-likeness (QED) is 0.904. The highest BCUT2D eigenvalue weighted by Crippen LogP contribution is 2.28. The van der Waals surface area contributed by atoms with Gasteiger partial charge in [0.05, 0.1) is 7.11 Å². The minimum Gasteiger partial charge on any atom is -0.497 e. The molecule has 0 bridgehead atoms. The summed E-state index contributed by atoms with van der Waals surface area (Å²) >= 11 is 0. The van der Waals surface area contributed by atoms with Crippen molar-refractivity contribution < 1.29 is 19.0 Å². The van der Waals surface area contributed by atoms with Gasteiger partial charge in [-0.3, -0.25) is 4.68 Å². The number of hydrogen-bond donors (Lipinski definition) is 1. The highest BCUT2D eigenvalue weighted by molar-refractivity contribution is 5.93. The molecule has 2 rings (SSSR count). The number of aromatic nitrogens is 2. The van der Waals surface area contributed by atoms with Gasteiger partial charge in [0.15, 0.2) is 5.69 Å². The van der Waals surface area contributed by atoms with Gasteiger partial charge < -0.3 is 9.84 Å². The summed E-state index contributed by atoms with van der Waals surface area (Å²) < 4.78 is 20.1. The minimum atomic E-state index is -1.19. The van der Waals surface area contributed by atoms with E-state index in [-0.39, 0.29) is 16.8 Å². The predicted molar refractivity (Wildman–Crippen MR) is 62.1 cm³/mol. The van der Waals surface area contributed by atoms with E-state index in [1.54, 1.807) is 13.1 Å². The molecule has 18 heavy (non-hydrogen) atoms. The molecule has 0 saturated carbocycles. The molecule has 5 nitrogen and oxygen atoms in total. The van der Waals surface area contributed by atoms with Crippen molar-refractivity contribution in [1.82, 2.24) is 9.78 Å². The third-order valence-electron chi connectivity index (χ3n) is 2.50. The molecule has 0 saturated heterocycles. The Morgan fingerprint density at radius 3 is 2.72 bits per heavy atom. The number of methoxy groups -OCH3 is 1. The van der Waals surface area contributed by atoms with Gasteiger partial charge in [-0.15, -0.1) is 0 Å². The molecule has 0 radical (unpaired) electrons. The molecule has 94 valence electrons. The Balaban J connectivity index is 2.58. The second-order valence-corrected chi connectivity index (χ2v) is 3.72. The van der Waals surface area contributed by atoms with E-state index in [4.69, 9.17) is 9.84 Å². The number of halogens is 1. The maximum atomic E-state index is 13.9. The Hall–Kier alpha value is -2.37. The second-order valence-electron chi connectivity index (χ2n) is 3.72. The number of ether oxygens (including phenoxy) is 1. The molecule has 0 aliphatic carbocycles. The van der Waals surface area contributed by atoms with Gasteiger partial charge in [-0.2, -0.15) is 5.10 Å². The average Bonchev–Trinajstić information content (AvgIpc) is 2.71. The molecule has 0 unspecified atom stereocenters. The van der Waals surface area contributed by atoms with Crippen molar-refractivity contribution in [2.75, 3.05) is 7.11 Å². The number of aromatic carboxylic acids is 1. The molecule has 0 spiro atoms. The minimum absolute atomic E-state index is 0.179. The van der Waals surface area contributed by atoms with Crippen LogP contribution in [0.25, 0.3) is 11.1 Å². The van der Waals surface area contributed by atoms with Crippen molar-refractivity contribution in [2.45, 2.75) is 0 Å². The van der Waals surface area contributed by atoms with Gasteiger partial charge in [-0.1, -0.05) is 0 Å². The number of carboxylic acid groups (broad SMARTS) is 1. The van der Waals surface area contributed by atoms with Crippen LogP contribution in [0.4, 0.5) is 4.39 Å². The second kappa shape index (κ2) is 4.48. The number of hydrogen-bond acceptors (Lipinski definition) is 3. The predicted octanol–water partition coefficient (Wildman–Crippen LogP) is 1.93. The molecule has 0 aliphatic heterocycles. The zero-order valence-corrected chi connectivity index (χ0v) is 9.85. The van der Waals surface area contributed by atoms with E-state index in [0.29, 0.717) is 5.75 Å². The third-order valence-corrected chi connectivity index (χ3v) is 2.50. The summed E-state index contributed by atoms with van der Waals surface area (Å²) in [6.07, 6.45) is 1.47. The van der Waals surface area contributed by atoms with Gasteiger partial charge in [-0.25, -0.2) is 9.18 Å². The third kappa shape index (κ3) is 2.04. The highest BCUT2D eigenvalue weighted by Gasteiger charge is 2.19. The van der Waals surface area contributed by atoms with Crippen LogP contribution >= 0.6 is 0 Å². The van der Waals surface area contributed by atoms with Crippen LogP contribution in [0.15, 0.2) is 24.4 Å². The molecule has 1 aromatic heterocycles. The van der Waals surface area contributed by atoms with Crippen molar-refractivity contribution in [3.8, 4) is 16.9 Å². The molecular weight excluding hydrogens is 239 g/mol. The lowest BCUT2D eigenvalue weighted by Gasteiger charge is -2.04. The molecule has 0 atom stereocenters. The van der Waals surface area contributed by atoms with Crippen molar-refractivity contribution >= 4 is 5.97 Å². The summed E-state index contributed by atoms with van der Waals surface area (Å²) in [6.45, 7) is 0. The Morgan fingerprint density at radius 1 is 1.44 bits per heavy atom. The monoisotopic (exact) mass is 250 g/mol. The average molecular weight is 250 g/mol. The van der Waals surface area contributed by atoms with Gasteiger partial charge in [0, 0.05) is 30.4 Å². The maximum absolute atomic E-state index is 13.9. The lowest BCUT2D eigenvalue weighted by Crippen LogP contribution is -2.01. The first-order valence-electron chi connectivity index (χ1n) is 5.13. The molecule has 0 amide bonds. The van der Waals surface area contributed by atoms with E-state index in [1.165, 1.54) is 30.1 Å². The number of carboxylic acids is 1. The number of rotatable bonds is 3.